The molecule has 8 heteroatoms. The first kappa shape index (κ1) is 14.4. The van der Waals surface area contributed by atoms with Gasteiger partial charge in [-0.1, -0.05) is 11.6 Å². The summed E-state index contributed by atoms with van der Waals surface area (Å²) in [7, 11) is -3.60. The number of aliphatic hydroxyl groups excluding tert-OH is 1. The zero-order chi connectivity index (χ0) is 13.9. The molecule has 1 fully saturated rings. The number of rotatable bonds is 5. The van der Waals surface area contributed by atoms with Gasteiger partial charge in [-0.15, -0.1) is 0 Å². The summed E-state index contributed by atoms with van der Waals surface area (Å²) < 4.78 is 33.1. The van der Waals surface area contributed by atoms with Gasteiger partial charge in [-0.05, 0) is 19.8 Å². The SMILES string of the molecule is Cc1cc(CNS(=O)(=O)N2CCCCC2CO)on1. The zero-order valence-corrected chi connectivity index (χ0v) is 11.7. The van der Waals surface area contributed by atoms with E-state index in [9.17, 15) is 13.5 Å². The van der Waals surface area contributed by atoms with Crippen LogP contribution in [0.25, 0.3) is 0 Å². The quantitative estimate of drug-likeness (QED) is 0.805. The number of aliphatic hydroxyl groups is 1. The summed E-state index contributed by atoms with van der Waals surface area (Å²) in [6.07, 6.45) is 2.45. The van der Waals surface area contributed by atoms with E-state index in [4.69, 9.17) is 4.52 Å². The van der Waals surface area contributed by atoms with Gasteiger partial charge in [0.25, 0.3) is 10.2 Å². The zero-order valence-electron chi connectivity index (χ0n) is 10.9. The highest BCUT2D eigenvalue weighted by atomic mass is 32.2. The average molecular weight is 289 g/mol. The van der Waals surface area contributed by atoms with Gasteiger partial charge in [-0.2, -0.15) is 17.4 Å². The first-order valence-electron chi connectivity index (χ1n) is 6.32. The molecule has 2 N–H and O–H groups in total. The van der Waals surface area contributed by atoms with Crippen molar-refractivity contribution in [2.75, 3.05) is 13.2 Å². The van der Waals surface area contributed by atoms with Crippen molar-refractivity contribution >= 4 is 10.2 Å². The molecule has 1 atom stereocenters. The number of nitrogens with one attached hydrogen (secondary N) is 1. The number of aryl methyl sites for hydroxylation is 1. The highest BCUT2D eigenvalue weighted by molar-refractivity contribution is 7.87. The summed E-state index contributed by atoms with van der Waals surface area (Å²) in [5.41, 5.74) is 0.709. The largest absolute Gasteiger partial charge is 0.395 e. The molecular weight excluding hydrogens is 270 g/mol. The van der Waals surface area contributed by atoms with Crippen LogP contribution in [0.15, 0.2) is 10.6 Å². The minimum Gasteiger partial charge on any atom is -0.395 e. The molecule has 0 spiro atoms. The molecule has 7 nitrogen and oxygen atoms in total. The topological polar surface area (TPSA) is 95.7 Å². The lowest BCUT2D eigenvalue weighted by Gasteiger charge is -2.33. The fourth-order valence-corrected chi connectivity index (χ4v) is 3.64. The van der Waals surface area contributed by atoms with Crippen molar-refractivity contribution in [3.05, 3.63) is 17.5 Å². The second kappa shape index (κ2) is 6.00. The second-order valence-electron chi connectivity index (χ2n) is 4.70. The van der Waals surface area contributed by atoms with Crippen LogP contribution in [0.5, 0.6) is 0 Å². The average Bonchev–Trinajstić information content (AvgIpc) is 2.82. The summed E-state index contributed by atoms with van der Waals surface area (Å²) in [5, 5.41) is 12.9. The molecule has 0 aliphatic carbocycles. The summed E-state index contributed by atoms with van der Waals surface area (Å²) in [6.45, 7) is 2.13. The molecule has 19 heavy (non-hydrogen) atoms. The predicted octanol–water partition coefficient (Wildman–Crippen LogP) is 0.164. The van der Waals surface area contributed by atoms with Crippen molar-refractivity contribution < 1.29 is 18.0 Å². The van der Waals surface area contributed by atoms with Crippen LogP contribution in [0.3, 0.4) is 0 Å². The van der Waals surface area contributed by atoms with Gasteiger partial charge in [0, 0.05) is 18.7 Å². The van der Waals surface area contributed by atoms with Crippen LogP contribution >= 0.6 is 0 Å². The summed E-state index contributed by atoms with van der Waals surface area (Å²) in [4.78, 5) is 0. The van der Waals surface area contributed by atoms with Crippen molar-refractivity contribution in [3.63, 3.8) is 0 Å². The molecule has 0 saturated carbocycles. The Labute approximate surface area is 112 Å². The molecule has 1 aliphatic heterocycles. The first-order valence-corrected chi connectivity index (χ1v) is 7.76. The molecule has 2 rings (SSSR count). The van der Waals surface area contributed by atoms with Crippen molar-refractivity contribution in [1.82, 2.24) is 14.2 Å². The molecule has 1 aromatic heterocycles. The molecule has 1 unspecified atom stereocenters. The molecule has 0 radical (unpaired) electrons. The van der Waals surface area contributed by atoms with Crippen LogP contribution in [0.2, 0.25) is 0 Å². The van der Waals surface area contributed by atoms with E-state index in [0.717, 1.165) is 12.8 Å². The lowest BCUT2D eigenvalue weighted by Crippen LogP contribution is -2.50. The van der Waals surface area contributed by atoms with Gasteiger partial charge in [0.1, 0.15) is 0 Å². The molecule has 1 saturated heterocycles. The Morgan fingerprint density at radius 1 is 1.58 bits per heavy atom. The maximum Gasteiger partial charge on any atom is 0.280 e. The van der Waals surface area contributed by atoms with E-state index < -0.39 is 10.2 Å². The maximum atomic E-state index is 12.2. The summed E-state index contributed by atoms with van der Waals surface area (Å²) in [6, 6.07) is 1.35. The van der Waals surface area contributed by atoms with Crippen molar-refractivity contribution in [2.45, 2.75) is 38.8 Å². The lowest BCUT2D eigenvalue weighted by molar-refractivity contribution is 0.153. The monoisotopic (exact) mass is 289 g/mol. The molecule has 1 aromatic rings. The van der Waals surface area contributed by atoms with Crippen molar-refractivity contribution in [1.29, 1.82) is 0 Å². The van der Waals surface area contributed by atoms with Crippen LogP contribution in [0.4, 0.5) is 0 Å². The van der Waals surface area contributed by atoms with Gasteiger partial charge in [0.05, 0.1) is 18.8 Å². The third-order valence-electron chi connectivity index (χ3n) is 3.20. The Kier molecular flexibility index (Phi) is 4.56. The number of nitrogens with zero attached hydrogens (tertiary/aromatic N) is 2. The predicted molar refractivity (Wildman–Crippen MR) is 68.4 cm³/mol. The number of hydrogen-bond donors (Lipinski definition) is 2. The van der Waals surface area contributed by atoms with Crippen LogP contribution in [0.1, 0.15) is 30.7 Å². The van der Waals surface area contributed by atoms with E-state index in [1.54, 1.807) is 13.0 Å². The van der Waals surface area contributed by atoms with Gasteiger partial charge >= 0.3 is 0 Å². The van der Waals surface area contributed by atoms with Crippen LogP contribution < -0.4 is 4.72 Å². The Morgan fingerprint density at radius 3 is 3.00 bits per heavy atom. The Bertz CT molecular complexity index is 514. The molecule has 0 aromatic carbocycles. The van der Waals surface area contributed by atoms with Gasteiger partial charge in [-0.3, -0.25) is 0 Å². The Hall–Kier alpha value is -0.960. The minimum atomic E-state index is -3.60. The van der Waals surface area contributed by atoms with E-state index in [-0.39, 0.29) is 19.2 Å². The van der Waals surface area contributed by atoms with Crippen molar-refractivity contribution in [2.24, 2.45) is 0 Å². The smallest absolute Gasteiger partial charge is 0.280 e. The number of hydrogen-bond acceptors (Lipinski definition) is 5. The van der Waals surface area contributed by atoms with E-state index >= 15 is 0 Å². The molecule has 0 amide bonds. The summed E-state index contributed by atoms with van der Waals surface area (Å²) in [5.74, 6) is 0.471. The molecule has 0 bridgehead atoms. The molecule has 108 valence electrons. The van der Waals surface area contributed by atoms with E-state index in [2.05, 4.69) is 9.88 Å². The lowest BCUT2D eigenvalue weighted by atomic mass is 10.1. The molecule has 1 aliphatic rings. The highest BCUT2D eigenvalue weighted by Gasteiger charge is 2.31. The Balaban J connectivity index is 2.00. The minimum absolute atomic E-state index is 0.0673. The number of aromatic nitrogens is 1. The van der Waals surface area contributed by atoms with Crippen LogP contribution in [-0.4, -0.2) is 42.2 Å². The van der Waals surface area contributed by atoms with Gasteiger partial charge < -0.3 is 9.63 Å². The van der Waals surface area contributed by atoms with Gasteiger partial charge in [-0.25, -0.2) is 0 Å². The maximum absolute atomic E-state index is 12.2. The summed E-state index contributed by atoms with van der Waals surface area (Å²) >= 11 is 0. The van der Waals surface area contributed by atoms with Crippen molar-refractivity contribution in [3.8, 4) is 0 Å². The number of piperidine rings is 1. The van der Waals surface area contributed by atoms with Gasteiger partial charge in [0.2, 0.25) is 0 Å². The third-order valence-corrected chi connectivity index (χ3v) is 4.81. The molecular formula is C11H19N3O4S. The van der Waals surface area contributed by atoms with E-state index in [1.165, 1.54) is 4.31 Å². The fraction of sp³-hybridized carbons (Fsp3) is 0.727. The standard InChI is InChI=1S/C11H19N3O4S/c1-9-6-11(18-13-9)7-12-19(16,17)14-5-3-2-4-10(14)8-15/h6,10,12,15H,2-5,7-8H2,1H3. The molecule has 2 heterocycles. The normalized spacial score (nSPS) is 21.7. The van der Waals surface area contributed by atoms with Gasteiger partial charge in [0.15, 0.2) is 5.76 Å². The van der Waals surface area contributed by atoms with Crippen LogP contribution in [0, 0.1) is 6.92 Å². The Morgan fingerprint density at radius 2 is 2.37 bits per heavy atom. The third kappa shape index (κ3) is 3.53. The van der Waals surface area contributed by atoms with E-state index in [1.807, 2.05) is 0 Å². The fourth-order valence-electron chi connectivity index (χ4n) is 2.22. The van der Waals surface area contributed by atoms with E-state index in [0.29, 0.717) is 24.4 Å². The second-order valence-corrected chi connectivity index (χ2v) is 6.41. The first-order chi connectivity index (χ1) is 9.03. The highest BCUT2D eigenvalue weighted by Crippen LogP contribution is 2.19. The van der Waals surface area contributed by atoms with Crippen LogP contribution in [-0.2, 0) is 16.8 Å².